The minimum Gasteiger partial charge on any atom is -0.481 e. The van der Waals surface area contributed by atoms with Crippen molar-refractivity contribution in [2.75, 3.05) is 25.0 Å². The minimum absolute atomic E-state index is 0.0795. The van der Waals surface area contributed by atoms with Gasteiger partial charge in [-0.3, -0.25) is 9.59 Å². The summed E-state index contributed by atoms with van der Waals surface area (Å²) in [6.07, 6.45) is 0.853. The van der Waals surface area contributed by atoms with E-state index in [1.165, 1.54) is 28.0 Å². The summed E-state index contributed by atoms with van der Waals surface area (Å²) in [5.74, 6) is -2.59. The van der Waals surface area contributed by atoms with Crippen molar-refractivity contribution in [2.45, 2.75) is 57.7 Å². The average molecular weight is 470 g/mol. The van der Waals surface area contributed by atoms with E-state index in [9.17, 15) is 23.9 Å². The van der Waals surface area contributed by atoms with Gasteiger partial charge >= 0.3 is 12.1 Å². The summed E-state index contributed by atoms with van der Waals surface area (Å²) in [4.78, 5) is 40.8. The van der Waals surface area contributed by atoms with Crippen molar-refractivity contribution >= 4 is 35.3 Å². The van der Waals surface area contributed by atoms with Gasteiger partial charge in [0.2, 0.25) is 5.91 Å². The van der Waals surface area contributed by atoms with Crippen LogP contribution in [0, 0.1) is 11.7 Å². The molecule has 32 heavy (non-hydrogen) atoms. The minimum atomic E-state index is -1.00. The number of piperidine rings is 2. The fraction of sp³-hybridized carbons (Fsp3) is 0.591. The Balaban J connectivity index is 1.77. The van der Waals surface area contributed by atoms with Crippen molar-refractivity contribution in [3.8, 4) is 0 Å². The van der Waals surface area contributed by atoms with Crippen molar-refractivity contribution in [2.24, 2.45) is 5.92 Å². The molecule has 2 N–H and O–H groups in total. The number of amides is 2. The van der Waals surface area contributed by atoms with Crippen LogP contribution < -0.4 is 5.32 Å². The molecule has 0 spiro atoms. The topological polar surface area (TPSA) is 99.2 Å². The van der Waals surface area contributed by atoms with E-state index >= 15 is 0 Å². The maximum Gasteiger partial charge on any atom is 0.410 e. The zero-order valence-corrected chi connectivity index (χ0v) is 19.2. The number of carbonyl (C=O) groups excluding carboxylic acids is 2. The first kappa shape index (κ1) is 24.1. The molecule has 0 bridgehead atoms. The Bertz CT molecular complexity index is 871. The highest BCUT2D eigenvalue weighted by Gasteiger charge is 2.44. The fourth-order valence-corrected chi connectivity index (χ4v) is 4.45. The highest BCUT2D eigenvalue weighted by atomic mass is 35.5. The van der Waals surface area contributed by atoms with E-state index in [-0.39, 0.29) is 30.4 Å². The third kappa shape index (κ3) is 5.82. The van der Waals surface area contributed by atoms with Gasteiger partial charge in [-0.05, 0) is 58.2 Å². The molecule has 176 valence electrons. The van der Waals surface area contributed by atoms with Gasteiger partial charge in [0, 0.05) is 30.3 Å². The molecule has 0 saturated carbocycles. The number of nitrogens with one attached hydrogen (secondary N) is 1. The van der Waals surface area contributed by atoms with Gasteiger partial charge < -0.3 is 25.0 Å². The number of halogens is 2. The lowest BCUT2D eigenvalue weighted by atomic mass is 9.88. The van der Waals surface area contributed by atoms with Gasteiger partial charge in [-0.25, -0.2) is 9.18 Å². The molecule has 1 aromatic carbocycles. The number of aliphatic carboxylic acids is 1. The summed E-state index contributed by atoms with van der Waals surface area (Å²) in [7, 11) is 0. The number of carboxylic acid groups (broad SMARTS) is 1. The maximum absolute atomic E-state index is 13.7. The molecular formula is C22H29ClFN3O5. The molecule has 2 amide bonds. The summed E-state index contributed by atoms with van der Waals surface area (Å²) in [6, 6.07) is 2.63. The summed E-state index contributed by atoms with van der Waals surface area (Å²) < 4.78 is 19.1. The summed E-state index contributed by atoms with van der Waals surface area (Å²) >= 11 is 5.91. The van der Waals surface area contributed by atoms with E-state index in [2.05, 4.69) is 5.32 Å². The van der Waals surface area contributed by atoms with Crippen LogP contribution in [-0.2, 0) is 14.3 Å². The van der Waals surface area contributed by atoms with E-state index < -0.39 is 41.5 Å². The number of hydrogen-bond acceptors (Lipinski definition) is 5. The highest BCUT2D eigenvalue weighted by Crippen LogP contribution is 2.29. The molecule has 0 aromatic heterocycles. The zero-order chi connectivity index (χ0) is 23.6. The second-order valence-electron chi connectivity index (χ2n) is 9.26. The van der Waals surface area contributed by atoms with Crippen molar-refractivity contribution in [1.29, 1.82) is 0 Å². The molecule has 0 radical (unpaired) electrons. The van der Waals surface area contributed by atoms with E-state index in [4.69, 9.17) is 16.3 Å². The zero-order valence-electron chi connectivity index (χ0n) is 18.4. The Morgan fingerprint density at radius 1 is 1.22 bits per heavy atom. The first-order valence-corrected chi connectivity index (χ1v) is 11.1. The van der Waals surface area contributed by atoms with Crippen LogP contribution in [0.2, 0.25) is 5.02 Å². The van der Waals surface area contributed by atoms with Crippen molar-refractivity contribution in [3.05, 3.63) is 29.0 Å². The van der Waals surface area contributed by atoms with Gasteiger partial charge in [0.1, 0.15) is 17.5 Å². The largest absolute Gasteiger partial charge is 0.481 e. The number of ether oxygens (including phenoxy) is 1. The molecule has 1 unspecified atom stereocenters. The number of hydrogen-bond donors (Lipinski definition) is 2. The fourth-order valence-electron chi connectivity index (χ4n) is 4.23. The first-order valence-electron chi connectivity index (χ1n) is 10.7. The molecule has 10 heteroatoms. The summed E-state index contributed by atoms with van der Waals surface area (Å²) in [6.45, 7) is 5.99. The van der Waals surface area contributed by atoms with E-state index in [1.54, 1.807) is 20.8 Å². The number of nitrogens with zero attached hydrogens (tertiary/aromatic N) is 2. The SMILES string of the molecule is CC(C)(C)OC(=O)N1CC[C@H](C(=O)O)[C@@H](N2CCCC(Nc3cc(F)cc(Cl)c3)C2=O)C1. The molecular weight excluding hydrogens is 441 g/mol. The standard InChI is InChI=1S/C22H29ClFN3O5/c1-22(2,3)32-21(31)26-8-6-16(20(29)30)18(12-26)27-7-4-5-17(19(27)28)25-15-10-13(23)9-14(24)11-15/h9-11,16-18,25H,4-8,12H2,1-3H3,(H,29,30)/t16-,17?,18-/m0/s1. The van der Waals surface area contributed by atoms with Crippen molar-refractivity contribution in [3.63, 3.8) is 0 Å². The highest BCUT2D eigenvalue weighted by molar-refractivity contribution is 6.30. The second kappa shape index (κ2) is 9.52. The molecule has 3 atom stereocenters. The maximum atomic E-state index is 13.7. The molecule has 2 heterocycles. The number of anilines is 1. The Morgan fingerprint density at radius 3 is 2.56 bits per heavy atom. The van der Waals surface area contributed by atoms with Crippen LogP contribution in [0.15, 0.2) is 18.2 Å². The molecule has 0 aliphatic carbocycles. The van der Waals surface area contributed by atoms with Gasteiger partial charge in [0.15, 0.2) is 0 Å². The van der Waals surface area contributed by atoms with Crippen LogP contribution in [-0.4, -0.2) is 70.2 Å². The molecule has 8 nitrogen and oxygen atoms in total. The molecule has 3 rings (SSSR count). The number of benzene rings is 1. The lowest BCUT2D eigenvalue weighted by Crippen LogP contribution is -2.61. The number of carboxylic acids is 1. The van der Waals surface area contributed by atoms with Crippen LogP contribution in [0.25, 0.3) is 0 Å². The summed E-state index contributed by atoms with van der Waals surface area (Å²) in [5, 5.41) is 13.0. The smallest absolute Gasteiger partial charge is 0.410 e. The van der Waals surface area contributed by atoms with Crippen LogP contribution in [0.4, 0.5) is 14.9 Å². The first-order chi connectivity index (χ1) is 14.9. The van der Waals surface area contributed by atoms with Gasteiger partial charge in [-0.2, -0.15) is 0 Å². The van der Waals surface area contributed by atoms with Crippen molar-refractivity contribution < 1.29 is 28.6 Å². The number of rotatable bonds is 4. The molecule has 2 fully saturated rings. The molecule has 2 aliphatic heterocycles. The Kier molecular flexibility index (Phi) is 7.17. The Labute approximate surface area is 191 Å². The van der Waals surface area contributed by atoms with E-state index in [0.29, 0.717) is 25.1 Å². The van der Waals surface area contributed by atoms with E-state index in [1.807, 2.05) is 0 Å². The van der Waals surface area contributed by atoms with Gasteiger partial charge in [-0.15, -0.1) is 0 Å². The lowest BCUT2D eigenvalue weighted by Gasteiger charge is -2.45. The quantitative estimate of drug-likeness (QED) is 0.699. The predicted octanol–water partition coefficient (Wildman–Crippen LogP) is 3.59. The average Bonchev–Trinajstić information content (AvgIpc) is 2.67. The van der Waals surface area contributed by atoms with Gasteiger partial charge in [0.25, 0.3) is 0 Å². The van der Waals surface area contributed by atoms with Crippen LogP contribution in [0.1, 0.15) is 40.0 Å². The summed E-state index contributed by atoms with van der Waals surface area (Å²) in [5.41, 5.74) is -0.303. The Hall–Kier alpha value is -2.55. The number of likely N-dealkylation sites (tertiary alicyclic amines) is 2. The Morgan fingerprint density at radius 2 is 1.94 bits per heavy atom. The van der Waals surface area contributed by atoms with Gasteiger partial charge in [0.05, 0.1) is 12.0 Å². The third-order valence-electron chi connectivity index (χ3n) is 5.63. The lowest BCUT2D eigenvalue weighted by molar-refractivity contribution is -0.151. The van der Waals surface area contributed by atoms with Crippen LogP contribution >= 0.6 is 11.6 Å². The van der Waals surface area contributed by atoms with Crippen LogP contribution in [0.3, 0.4) is 0 Å². The monoisotopic (exact) mass is 469 g/mol. The molecule has 2 saturated heterocycles. The molecule has 2 aliphatic rings. The normalized spacial score (nSPS) is 24.3. The van der Waals surface area contributed by atoms with Crippen LogP contribution in [0.5, 0.6) is 0 Å². The van der Waals surface area contributed by atoms with E-state index in [0.717, 1.165) is 0 Å². The van der Waals surface area contributed by atoms with Crippen molar-refractivity contribution in [1.82, 2.24) is 9.80 Å². The second-order valence-corrected chi connectivity index (χ2v) is 9.69. The number of carbonyl (C=O) groups is 3. The predicted molar refractivity (Wildman–Crippen MR) is 117 cm³/mol. The third-order valence-corrected chi connectivity index (χ3v) is 5.85. The van der Waals surface area contributed by atoms with Gasteiger partial charge in [-0.1, -0.05) is 11.6 Å². The molecule has 1 aromatic rings.